The van der Waals surface area contributed by atoms with E-state index in [4.69, 9.17) is 9.47 Å². The van der Waals surface area contributed by atoms with Crippen LogP contribution < -0.4 is 14.9 Å². The molecule has 0 aliphatic heterocycles. The maximum atomic E-state index is 12.6. The molecule has 0 aromatic heterocycles. The van der Waals surface area contributed by atoms with Gasteiger partial charge in [-0.1, -0.05) is 26.2 Å². The molecule has 0 spiro atoms. The number of unbranched alkanes of at least 4 members (excludes halogenated alkanes) is 3. The fourth-order valence-corrected chi connectivity index (χ4v) is 2.51. The maximum Gasteiger partial charge on any atom is 0.416 e. The van der Waals surface area contributed by atoms with Gasteiger partial charge in [0.2, 0.25) is 0 Å². The van der Waals surface area contributed by atoms with Crippen LogP contribution in [0, 0.1) is 0 Å². The Morgan fingerprint density at radius 3 is 2.39 bits per heavy atom. The van der Waals surface area contributed by atoms with Gasteiger partial charge in [0.15, 0.2) is 11.5 Å². The standard InChI is InChI=1S/C21H25F3N2O2/c1-3-4-5-6-13-28-19-12-7-16(14-20(19)27-2)15-25-26-18-10-8-17(9-11-18)21(22,23)24/h7-12,14-15,26H,3-6,13H2,1-2H3. The van der Waals surface area contributed by atoms with Crippen LogP contribution in [0.3, 0.4) is 0 Å². The average molecular weight is 394 g/mol. The molecule has 0 bridgehead atoms. The molecule has 4 nitrogen and oxygen atoms in total. The minimum absolute atomic E-state index is 0.461. The van der Waals surface area contributed by atoms with Crippen molar-refractivity contribution >= 4 is 11.9 Å². The van der Waals surface area contributed by atoms with E-state index in [1.165, 1.54) is 25.0 Å². The Kier molecular flexibility index (Phi) is 8.17. The Hall–Kier alpha value is -2.70. The van der Waals surface area contributed by atoms with E-state index in [0.29, 0.717) is 23.8 Å². The molecule has 2 aromatic carbocycles. The molecule has 28 heavy (non-hydrogen) atoms. The number of hydrogen-bond donors (Lipinski definition) is 1. The molecule has 7 heteroatoms. The van der Waals surface area contributed by atoms with Crippen molar-refractivity contribution in [3.8, 4) is 11.5 Å². The van der Waals surface area contributed by atoms with E-state index in [9.17, 15) is 13.2 Å². The lowest BCUT2D eigenvalue weighted by molar-refractivity contribution is -0.137. The highest BCUT2D eigenvalue weighted by Gasteiger charge is 2.29. The van der Waals surface area contributed by atoms with Crippen molar-refractivity contribution in [1.82, 2.24) is 0 Å². The molecule has 2 rings (SSSR count). The molecule has 0 amide bonds. The second-order valence-corrected chi connectivity index (χ2v) is 6.26. The lowest BCUT2D eigenvalue weighted by Crippen LogP contribution is -2.04. The molecular weight excluding hydrogens is 369 g/mol. The fraction of sp³-hybridized carbons (Fsp3) is 0.381. The third-order valence-electron chi connectivity index (χ3n) is 4.06. The van der Waals surface area contributed by atoms with Gasteiger partial charge >= 0.3 is 6.18 Å². The summed E-state index contributed by atoms with van der Waals surface area (Å²) in [6, 6.07) is 10.1. The zero-order valence-corrected chi connectivity index (χ0v) is 16.1. The van der Waals surface area contributed by atoms with Crippen LogP contribution in [0.25, 0.3) is 0 Å². The van der Waals surface area contributed by atoms with E-state index >= 15 is 0 Å². The lowest BCUT2D eigenvalue weighted by atomic mass is 10.2. The Bertz CT molecular complexity index is 759. The first-order chi connectivity index (χ1) is 13.4. The van der Waals surface area contributed by atoms with Crippen molar-refractivity contribution in [2.45, 2.75) is 38.8 Å². The number of rotatable bonds is 10. The summed E-state index contributed by atoms with van der Waals surface area (Å²) in [7, 11) is 1.57. The second kappa shape index (κ2) is 10.6. The minimum Gasteiger partial charge on any atom is -0.493 e. The van der Waals surface area contributed by atoms with E-state index in [0.717, 1.165) is 30.5 Å². The molecule has 0 fully saturated rings. The van der Waals surface area contributed by atoms with E-state index in [2.05, 4.69) is 17.5 Å². The Morgan fingerprint density at radius 2 is 1.75 bits per heavy atom. The number of hydrogen-bond acceptors (Lipinski definition) is 4. The van der Waals surface area contributed by atoms with Gasteiger partial charge in [-0.15, -0.1) is 0 Å². The number of halogens is 3. The fourth-order valence-electron chi connectivity index (χ4n) is 2.51. The van der Waals surface area contributed by atoms with Crippen LogP contribution in [0.4, 0.5) is 18.9 Å². The second-order valence-electron chi connectivity index (χ2n) is 6.26. The third kappa shape index (κ3) is 6.79. The predicted octanol–water partition coefficient (Wildman–Crippen LogP) is 6.12. The van der Waals surface area contributed by atoms with E-state index < -0.39 is 11.7 Å². The van der Waals surface area contributed by atoms with Gasteiger partial charge in [0, 0.05) is 0 Å². The summed E-state index contributed by atoms with van der Waals surface area (Å²) in [5, 5.41) is 4.05. The molecule has 1 N–H and O–H groups in total. The number of nitrogens with zero attached hydrogens (tertiary/aromatic N) is 1. The molecule has 0 aliphatic rings. The SMILES string of the molecule is CCCCCCOc1ccc(C=NNc2ccc(C(F)(F)F)cc2)cc1OC. The summed E-state index contributed by atoms with van der Waals surface area (Å²) >= 11 is 0. The summed E-state index contributed by atoms with van der Waals surface area (Å²) in [5.41, 5.74) is 3.24. The highest BCUT2D eigenvalue weighted by molar-refractivity contribution is 5.81. The van der Waals surface area contributed by atoms with Crippen LogP contribution in [0.1, 0.15) is 43.7 Å². The van der Waals surface area contributed by atoms with Gasteiger partial charge in [0.1, 0.15) is 0 Å². The Labute approximate surface area is 163 Å². The van der Waals surface area contributed by atoms with Crippen LogP contribution >= 0.6 is 0 Å². The van der Waals surface area contributed by atoms with Gasteiger partial charge in [-0.05, 0) is 54.4 Å². The molecule has 0 saturated heterocycles. The van der Waals surface area contributed by atoms with Crippen molar-refractivity contribution in [1.29, 1.82) is 0 Å². The Morgan fingerprint density at radius 1 is 1.00 bits per heavy atom. The van der Waals surface area contributed by atoms with Gasteiger partial charge in [-0.25, -0.2) is 0 Å². The maximum absolute atomic E-state index is 12.6. The van der Waals surface area contributed by atoms with Gasteiger partial charge in [-0.2, -0.15) is 18.3 Å². The molecule has 0 unspecified atom stereocenters. The smallest absolute Gasteiger partial charge is 0.416 e. The van der Waals surface area contributed by atoms with Gasteiger partial charge < -0.3 is 9.47 Å². The molecule has 152 valence electrons. The van der Waals surface area contributed by atoms with Gasteiger partial charge in [0.25, 0.3) is 0 Å². The number of methoxy groups -OCH3 is 1. The van der Waals surface area contributed by atoms with Crippen molar-refractivity contribution in [2.24, 2.45) is 5.10 Å². The third-order valence-corrected chi connectivity index (χ3v) is 4.06. The summed E-state index contributed by atoms with van der Waals surface area (Å²) < 4.78 is 48.8. The Balaban J connectivity index is 1.92. The number of benzene rings is 2. The van der Waals surface area contributed by atoms with Crippen LogP contribution in [-0.4, -0.2) is 19.9 Å². The number of alkyl halides is 3. The van der Waals surface area contributed by atoms with Crippen molar-refractivity contribution < 1.29 is 22.6 Å². The molecule has 0 saturated carbocycles. The van der Waals surface area contributed by atoms with Crippen LogP contribution in [-0.2, 0) is 6.18 Å². The van der Waals surface area contributed by atoms with Crippen molar-refractivity contribution in [3.05, 3.63) is 53.6 Å². The minimum atomic E-state index is -4.35. The molecule has 0 heterocycles. The lowest BCUT2D eigenvalue weighted by Gasteiger charge is -2.11. The molecule has 2 aromatic rings. The van der Waals surface area contributed by atoms with Gasteiger partial charge in [-0.3, -0.25) is 5.43 Å². The topological polar surface area (TPSA) is 42.8 Å². The first kappa shape index (κ1) is 21.6. The first-order valence-electron chi connectivity index (χ1n) is 9.21. The monoisotopic (exact) mass is 394 g/mol. The summed E-state index contributed by atoms with van der Waals surface area (Å²) in [6.07, 6.45) is 1.72. The molecule has 0 aliphatic carbocycles. The molecular formula is C21H25F3N2O2. The quantitative estimate of drug-likeness (QED) is 0.300. The number of nitrogens with one attached hydrogen (secondary N) is 1. The zero-order chi connectivity index (χ0) is 20.4. The van der Waals surface area contributed by atoms with Crippen molar-refractivity contribution in [2.75, 3.05) is 19.1 Å². The van der Waals surface area contributed by atoms with Crippen molar-refractivity contribution in [3.63, 3.8) is 0 Å². The van der Waals surface area contributed by atoms with Crippen LogP contribution in [0.5, 0.6) is 11.5 Å². The first-order valence-corrected chi connectivity index (χ1v) is 9.21. The van der Waals surface area contributed by atoms with E-state index in [-0.39, 0.29) is 0 Å². The highest BCUT2D eigenvalue weighted by atomic mass is 19.4. The highest BCUT2D eigenvalue weighted by Crippen LogP contribution is 2.30. The summed E-state index contributed by atoms with van der Waals surface area (Å²) in [4.78, 5) is 0. The molecule has 0 atom stereocenters. The summed E-state index contributed by atoms with van der Waals surface area (Å²) in [6.45, 7) is 2.80. The number of ether oxygens (including phenoxy) is 2. The average Bonchev–Trinajstić information content (AvgIpc) is 2.68. The van der Waals surface area contributed by atoms with E-state index in [1.807, 2.05) is 12.1 Å². The normalized spacial score (nSPS) is 11.6. The summed E-state index contributed by atoms with van der Waals surface area (Å²) in [5.74, 6) is 1.28. The largest absolute Gasteiger partial charge is 0.493 e. The van der Waals surface area contributed by atoms with E-state index in [1.54, 1.807) is 19.4 Å². The van der Waals surface area contributed by atoms with Gasteiger partial charge in [0.05, 0.1) is 31.2 Å². The number of hydrazone groups is 1. The zero-order valence-electron chi connectivity index (χ0n) is 16.1. The molecule has 0 radical (unpaired) electrons. The predicted molar refractivity (Wildman–Crippen MR) is 105 cm³/mol. The van der Waals surface area contributed by atoms with Crippen LogP contribution in [0.15, 0.2) is 47.6 Å². The number of anilines is 1. The van der Waals surface area contributed by atoms with Crippen LogP contribution in [0.2, 0.25) is 0 Å².